The van der Waals surface area contributed by atoms with Crippen LogP contribution in [0.1, 0.15) is 67.6 Å². The summed E-state index contributed by atoms with van der Waals surface area (Å²) in [6, 6.07) is 4.21. The van der Waals surface area contributed by atoms with E-state index in [9.17, 15) is 4.79 Å². The van der Waals surface area contributed by atoms with Crippen molar-refractivity contribution in [3.63, 3.8) is 0 Å². The maximum absolute atomic E-state index is 12.5. The van der Waals surface area contributed by atoms with Crippen LogP contribution < -0.4 is 0 Å². The van der Waals surface area contributed by atoms with Crippen LogP contribution in [-0.2, 0) is 0 Å². The van der Waals surface area contributed by atoms with E-state index < -0.39 is 0 Å². The SMILES string of the molecule is Cc1cc(C)c(C(=O)CC(C)CC(C)(C)C)c(C)c1. The molecule has 1 aromatic carbocycles. The van der Waals surface area contributed by atoms with Gasteiger partial charge in [-0.3, -0.25) is 4.79 Å². The second-order valence-corrected chi connectivity index (χ2v) is 7.27. The molecule has 1 rings (SSSR count). The maximum Gasteiger partial charge on any atom is 0.163 e. The number of benzene rings is 1. The largest absolute Gasteiger partial charge is 0.294 e. The lowest BCUT2D eigenvalue weighted by atomic mass is 9.82. The third-order valence-corrected chi connectivity index (χ3v) is 3.45. The van der Waals surface area contributed by atoms with Gasteiger partial charge in [-0.25, -0.2) is 0 Å². The number of carbonyl (C=O) groups is 1. The Morgan fingerprint density at radius 1 is 1.11 bits per heavy atom. The van der Waals surface area contributed by atoms with Crippen LogP contribution in [0.4, 0.5) is 0 Å². The lowest BCUT2D eigenvalue weighted by molar-refractivity contribution is 0.0953. The average molecular weight is 260 g/mol. The minimum atomic E-state index is 0.289. The normalized spacial score (nSPS) is 13.4. The lowest BCUT2D eigenvalue weighted by Crippen LogP contribution is -2.15. The number of rotatable bonds is 4. The van der Waals surface area contributed by atoms with Gasteiger partial charge in [0.2, 0.25) is 0 Å². The summed E-state index contributed by atoms with van der Waals surface area (Å²) in [4.78, 5) is 12.5. The van der Waals surface area contributed by atoms with Gasteiger partial charge in [-0.05, 0) is 49.7 Å². The zero-order chi connectivity index (χ0) is 14.8. The number of hydrogen-bond acceptors (Lipinski definition) is 1. The van der Waals surface area contributed by atoms with Gasteiger partial charge in [0.1, 0.15) is 0 Å². The van der Waals surface area contributed by atoms with E-state index >= 15 is 0 Å². The van der Waals surface area contributed by atoms with Gasteiger partial charge in [0.25, 0.3) is 0 Å². The zero-order valence-corrected chi connectivity index (χ0v) is 13.6. The molecule has 106 valence electrons. The van der Waals surface area contributed by atoms with Crippen molar-refractivity contribution in [2.75, 3.05) is 0 Å². The van der Waals surface area contributed by atoms with E-state index in [2.05, 4.69) is 46.8 Å². The van der Waals surface area contributed by atoms with Crippen LogP contribution in [0.3, 0.4) is 0 Å². The molecule has 0 saturated carbocycles. The van der Waals surface area contributed by atoms with Crippen LogP contribution in [0.2, 0.25) is 0 Å². The molecule has 1 heteroatoms. The van der Waals surface area contributed by atoms with Gasteiger partial charge in [-0.2, -0.15) is 0 Å². The summed E-state index contributed by atoms with van der Waals surface area (Å²) in [6.07, 6.45) is 1.74. The fourth-order valence-corrected chi connectivity index (χ4v) is 3.16. The molecule has 0 heterocycles. The molecule has 0 saturated heterocycles. The van der Waals surface area contributed by atoms with Crippen molar-refractivity contribution in [2.24, 2.45) is 11.3 Å². The lowest BCUT2D eigenvalue weighted by Gasteiger charge is -2.23. The molecular weight excluding hydrogens is 232 g/mol. The van der Waals surface area contributed by atoms with E-state index in [1.54, 1.807) is 0 Å². The molecule has 0 bridgehead atoms. The van der Waals surface area contributed by atoms with Crippen molar-refractivity contribution in [1.82, 2.24) is 0 Å². The molecule has 0 fully saturated rings. The number of hydrogen-bond donors (Lipinski definition) is 0. The molecule has 0 aromatic heterocycles. The molecule has 0 radical (unpaired) electrons. The molecular formula is C18H28O. The summed E-state index contributed by atoms with van der Waals surface area (Å²) in [6.45, 7) is 15.0. The summed E-state index contributed by atoms with van der Waals surface area (Å²) in [7, 11) is 0. The highest BCUT2D eigenvalue weighted by Crippen LogP contribution is 2.28. The Kier molecular flexibility index (Phi) is 4.95. The monoisotopic (exact) mass is 260 g/mol. The Hall–Kier alpha value is -1.11. The van der Waals surface area contributed by atoms with Crippen molar-refractivity contribution < 1.29 is 4.79 Å². The molecule has 0 aliphatic carbocycles. The van der Waals surface area contributed by atoms with Gasteiger partial charge in [0.15, 0.2) is 5.78 Å². The van der Waals surface area contributed by atoms with Crippen molar-refractivity contribution in [3.8, 4) is 0 Å². The standard InChI is InChI=1S/C18H28O/c1-12-8-14(3)17(15(4)9-12)16(19)10-13(2)11-18(5,6)7/h8-9,13H,10-11H2,1-7H3. The highest BCUT2D eigenvalue weighted by molar-refractivity contribution is 5.99. The molecule has 1 atom stereocenters. The summed E-state index contributed by atoms with van der Waals surface area (Å²) in [5, 5.41) is 0. The van der Waals surface area contributed by atoms with E-state index in [-0.39, 0.29) is 5.41 Å². The topological polar surface area (TPSA) is 17.1 Å². The zero-order valence-electron chi connectivity index (χ0n) is 13.6. The molecule has 0 amide bonds. The van der Waals surface area contributed by atoms with Crippen molar-refractivity contribution in [1.29, 1.82) is 0 Å². The smallest absolute Gasteiger partial charge is 0.163 e. The van der Waals surface area contributed by atoms with E-state index in [1.807, 2.05) is 13.8 Å². The van der Waals surface area contributed by atoms with E-state index in [0.717, 1.165) is 23.1 Å². The first-order valence-corrected chi connectivity index (χ1v) is 7.21. The fraction of sp³-hybridized carbons (Fsp3) is 0.611. The molecule has 1 unspecified atom stereocenters. The summed E-state index contributed by atoms with van der Waals surface area (Å²) >= 11 is 0. The average Bonchev–Trinajstić information content (AvgIpc) is 2.10. The number of ketones is 1. The molecule has 0 aliphatic rings. The van der Waals surface area contributed by atoms with Gasteiger partial charge in [0, 0.05) is 12.0 Å². The number of aryl methyl sites for hydroxylation is 3. The van der Waals surface area contributed by atoms with Gasteiger partial charge in [0.05, 0.1) is 0 Å². The van der Waals surface area contributed by atoms with Crippen LogP contribution in [0.15, 0.2) is 12.1 Å². The molecule has 19 heavy (non-hydrogen) atoms. The third-order valence-electron chi connectivity index (χ3n) is 3.45. The van der Waals surface area contributed by atoms with Crippen molar-refractivity contribution in [3.05, 3.63) is 34.4 Å². The number of Topliss-reactive ketones (excluding diaryl/α,β-unsaturated/α-hetero) is 1. The summed E-state index contributed by atoms with van der Waals surface area (Å²) in [5.74, 6) is 0.736. The summed E-state index contributed by atoms with van der Waals surface area (Å²) < 4.78 is 0. The first-order valence-electron chi connectivity index (χ1n) is 7.21. The molecule has 0 N–H and O–H groups in total. The first kappa shape index (κ1) is 15.9. The van der Waals surface area contributed by atoms with Gasteiger partial charge in [-0.1, -0.05) is 45.4 Å². The Labute approximate surface area is 118 Å². The molecule has 0 aliphatic heterocycles. The Morgan fingerprint density at radius 3 is 2.00 bits per heavy atom. The second-order valence-electron chi connectivity index (χ2n) is 7.27. The highest BCUT2D eigenvalue weighted by atomic mass is 16.1. The Balaban J connectivity index is 2.85. The van der Waals surface area contributed by atoms with Crippen LogP contribution in [0.25, 0.3) is 0 Å². The molecule has 1 nitrogen and oxygen atoms in total. The first-order chi connectivity index (χ1) is 8.60. The highest BCUT2D eigenvalue weighted by Gasteiger charge is 2.20. The van der Waals surface area contributed by atoms with Crippen LogP contribution >= 0.6 is 0 Å². The van der Waals surface area contributed by atoms with E-state index in [1.165, 1.54) is 5.56 Å². The maximum atomic E-state index is 12.5. The minimum absolute atomic E-state index is 0.289. The minimum Gasteiger partial charge on any atom is -0.294 e. The van der Waals surface area contributed by atoms with Crippen LogP contribution in [0, 0.1) is 32.1 Å². The van der Waals surface area contributed by atoms with Gasteiger partial charge < -0.3 is 0 Å². The van der Waals surface area contributed by atoms with Crippen molar-refractivity contribution >= 4 is 5.78 Å². The van der Waals surface area contributed by atoms with E-state index in [0.29, 0.717) is 18.1 Å². The van der Waals surface area contributed by atoms with Crippen molar-refractivity contribution in [2.45, 2.75) is 61.3 Å². The molecule has 1 aromatic rings. The number of carbonyl (C=O) groups excluding carboxylic acids is 1. The van der Waals surface area contributed by atoms with Gasteiger partial charge >= 0.3 is 0 Å². The van der Waals surface area contributed by atoms with Gasteiger partial charge in [-0.15, -0.1) is 0 Å². The molecule has 0 spiro atoms. The van der Waals surface area contributed by atoms with E-state index in [4.69, 9.17) is 0 Å². The Bertz CT molecular complexity index is 440. The quantitative estimate of drug-likeness (QED) is 0.675. The second kappa shape index (κ2) is 5.90. The predicted octanol–water partition coefficient (Wildman–Crippen LogP) is 5.26. The fourth-order valence-electron chi connectivity index (χ4n) is 3.16. The predicted molar refractivity (Wildman–Crippen MR) is 82.8 cm³/mol. The summed E-state index contributed by atoms with van der Waals surface area (Å²) in [5.41, 5.74) is 4.69. The van der Waals surface area contributed by atoms with Crippen LogP contribution in [-0.4, -0.2) is 5.78 Å². The third kappa shape index (κ3) is 4.81. The van der Waals surface area contributed by atoms with Crippen LogP contribution in [0.5, 0.6) is 0 Å². The Morgan fingerprint density at radius 2 is 1.58 bits per heavy atom.